The molecule has 156 valence electrons. The van der Waals surface area contributed by atoms with Crippen molar-refractivity contribution >= 4 is 22.4 Å². The number of rotatable bonds is 5. The molecule has 0 fully saturated rings. The van der Waals surface area contributed by atoms with Crippen molar-refractivity contribution in [2.24, 2.45) is 0 Å². The molecule has 0 radical (unpaired) electrons. The zero-order valence-electron chi connectivity index (χ0n) is 17.8. The number of para-hydroxylation sites is 1. The van der Waals surface area contributed by atoms with E-state index in [1.807, 2.05) is 35.7 Å². The SMILES string of the molecule is CC(C)(C)c1ccc(-c2csc(NC(=O)c3ccc(Oc4ccccc4)cc3)n2)cc1. The lowest BCUT2D eigenvalue weighted by Crippen LogP contribution is -2.11. The molecule has 0 saturated heterocycles. The van der Waals surface area contributed by atoms with Gasteiger partial charge in [0.25, 0.3) is 5.91 Å². The van der Waals surface area contributed by atoms with Gasteiger partial charge in [0.15, 0.2) is 5.13 Å². The summed E-state index contributed by atoms with van der Waals surface area (Å²) in [7, 11) is 0. The van der Waals surface area contributed by atoms with E-state index in [9.17, 15) is 4.79 Å². The van der Waals surface area contributed by atoms with Gasteiger partial charge in [0.2, 0.25) is 0 Å². The van der Waals surface area contributed by atoms with Crippen LogP contribution in [0.15, 0.2) is 84.2 Å². The van der Waals surface area contributed by atoms with Crippen LogP contribution in [0, 0.1) is 0 Å². The molecular formula is C26H24N2O2S. The number of anilines is 1. The number of aromatic nitrogens is 1. The maximum Gasteiger partial charge on any atom is 0.257 e. The Bertz CT molecular complexity index is 1160. The smallest absolute Gasteiger partial charge is 0.257 e. The average molecular weight is 429 g/mol. The molecule has 0 aliphatic carbocycles. The first-order chi connectivity index (χ1) is 14.9. The lowest BCUT2D eigenvalue weighted by atomic mass is 9.86. The van der Waals surface area contributed by atoms with E-state index in [4.69, 9.17) is 4.74 Å². The topological polar surface area (TPSA) is 51.2 Å². The highest BCUT2D eigenvalue weighted by atomic mass is 32.1. The van der Waals surface area contributed by atoms with Gasteiger partial charge in [-0.2, -0.15) is 0 Å². The summed E-state index contributed by atoms with van der Waals surface area (Å²) in [5.74, 6) is 1.23. The molecule has 0 saturated carbocycles. The summed E-state index contributed by atoms with van der Waals surface area (Å²) in [6.45, 7) is 6.58. The fourth-order valence-electron chi connectivity index (χ4n) is 3.07. The fourth-order valence-corrected chi connectivity index (χ4v) is 3.79. The quantitative estimate of drug-likeness (QED) is 0.367. The second-order valence-corrected chi connectivity index (χ2v) is 9.12. The van der Waals surface area contributed by atoms with E-state index in [2.05, 4.69) is 55.3 Å². The van der Waals surface area contributed by atoms with Gasteiger partial charge in [-0.1, -0.05) is 63.2 Å². The molecule has 1 N–H and O–H groups in total. The highest BCUT2D eigenvalue weighted by Gasteiger charge is 2.14. The monoisotopic (exact) mass is 428 g/mol. The van der Waals surface area contributed by atoms with Crippen molar-refractivity contribution < 1.29 is 9.53 Å². The highest BCUT2D eigenvalue weighted by Crippen LogP contribution is 2.29. The summed E-state index contributed by atoms with van der Waals surface area (Å²) in [4.78, 5) is 17.2. The van der Waals surface area contributed by atoms with Gasteiger partial charge in [-0.25, -0.2) is 4.98 Å². The Morgan fingerprint density at radius 3 is 2.16 bits per heavy atom. The number of benzene rings is 3. The van der Waals surface area contributed by atoms with E-state index in [0.29, 0.717) is 16.4 Å². The Kier molecular flexibility index (Phi) is 5.87. The van der Waals surface area contributed by atoms with Crippen molar-refractivity contribution in [1.29, 1.82) is 0 Å². The summed E-state index contributed by atoms with van der Waals surface area (Å²) >= 11 is 1.41. The molecule has 0 spiro atoms. The van der Waals surface area contributed by atoms with Crippen LogP contribution in [0.5, 0.6) is 11.5 Å². The van der Waals surface area contributed by atoms with Crippen molar-refractivity contribution in [3.05, 3.63) is 95.4 Å². The molecule has 3 aromatic carbocycles. The van der Waals surface area contributed by atoms with Crippen LogP contribution in [0.4, 0.5) is 5.13 Å². The van der Waals surface area contributed by atoms with E-state index < -0.39 is 0 Å². The molecule has 0 bridgehead atoms. The molecule has 4 nitrogen and oxygen atoms in total. The summed E-state index contributed by atoms with van der Waals surface area (Å²) in [6.07, 6.45) is 0. The molecule has 0 aliphatic rings. The molecule has 31 heavy (non-hydrogen) atoms. The minimum Gasteiger partial charge on any atom is -0.457 e. The third-order valence-electron chi connectivity index (χ3n) is 4.87. The highest BCUT2D eigenvalue weighted by molar-refractivity contribution is 7.14. The number of ether oxygens (including phenoxy) is 1. The van der Waals surface area contributed by atoms with Gasteiger partial charge >= 0.3 is 0 Å². The van der Waals surface area contributed by atoms with Gasteiger partial charge in [0, 0.05) is 16.5 Å². The molecule has 0 unspecified atom stereocenters. The van der Waals surface area contributed by atoms with Crippen molar-refractivity contribution in [1.82, 2.24) is 4.98 Å². The molecule has 0 aliphatic heterocycles. The second kappa shape index (κ2) is 8.74. The van der Waals surface area contributed by atoms with Gasteiger partial charge in [-0.15, -0.1) is 11.3 Å². The first-order valence-corrected chi connectivity index (χ1v) is 11.0. The third-order valence-corrected chi connectivity index (χ3v) is 5.62. The Morgan fingerprint density at radius 2 is 1.52 bits per heavy atom. The molecule has 0 atom stereocenters. The Labute approximate surface area is 186 Å². The van der Waals surface area contributed by atoms with Crippen molar-refractivity contribution in [2.75, 3.05) is 5.32 Å². The molecule has 4 rings (SSSR count). The molecule has 1 amide bonds. The zero-order chi connectivity index (χ0) is 21.8. The largest absolute Gasteiger partial charge is 0.457 e. The summed E-state index contributed by atoms with van der Waals surface area (Å²) < 4.78 is 5.77. The van der Waals surface area contributed by atoms with Crippen LogP contribution in [0.1, 0.15) is 36.7 Å². The predicted octanol–water partition coefficient (Wildman–Crippen LogP) is 7.15. The van der Waals surface area contributed by atoms with Crippen LogP contribution >= 0.6 is 11.3 Å². The number of carbonyl (C=O) groups excluding carboxylic acids is 1. The van der Waals surface area contributed by atoms with Crippen LogP contribution in [0.2, 0.25) is 0 Å². The van der Waals surface area contributed by atoms with E-state index in [1.54, 1.807) is 24.3 Å². The van der Waals surface area contributed by atoms with Gasteiger partial charge in [-0.3, -0.25) is 10.1 Å². The van der Waals surface area contributed by atoms with E-state index in [-0.39, 0.29) is 11.3 Å². The molecule has 1 aromatic heterocycles. The van der Waals surface area contributed by atoms with Crippen LogP contribution in [0.3, 0.4) is 0 Å². The first-order valence-electron chi connectivity index (χ1n) is 10.1. The average Bonchev–Trinajstić information content (AvgIpc) is 3.23. The van der Waals surface area contributed by atoms with Gasteiger partial charge in [0.1, 0.15) is 11.5 Å². The summed E-state index contributed by atoms with van der Waals surface area (Å²) in [6, 6.07) is 25.0. The van der Waals surface area contributed by atoms with Crippen molar-refractivity contribution in [2.45, 2.75) is 26.2 Å². The summed E-state index contributed by atoms with van der Waals surface area (Å²) in [5, 5.41) is 5.41. The van der Waals surface area contributed by atoms with E-state index >= 15 is 0 Å². The number of hydrogen-bond donors (Lipinski definition) is 1. The van der Waals surface area contributed by atoms with Crippen molar-refractivity contribution in [3.63, 3.8) is 0 Å². The van der Waals surface area contributed by atoms with Crippen LogP contribution in [-0.4, -0.2) is 10.9 Å². The van der Waals surface area contributed by atoms with Crippen LogP contribution in [0.25, 0.3) is 11.3 Å². The van der Waals surface area contributed by atoms with Gasteiger partial charge < -0.3 is 4.74 Å². The standard InChI is InChI=1S/C26H24N2O2S/c1-26(2,3)20-13-9-18(10-14-20)23-17-31-25(27-23)28-24(29)19-11-15-22(16-12-19)30-21-7-5-4-6-8-21/h4-17H,1-3H3,(H,27,28,29). The third kappa shape index (κ3) is 5.19. The Balaban J connectivity index is 1.41. The number of hydrogen-bond acceptors (Lipinski definition) is 4. The van der Waals surface area contributed by atoms with Crippen LogP contribution in [-0.2, 0) is 5.41 Å². The molecule has 4 aromatic rings. The Morgan fingerprint density at radius 1 is 0.871 bits per heavy atom. The number of amides is 1. The number of nitrogens with zero attached hydrogens (tertiary/aromatic N) is 1. The second-order valence-electron chi connectivity index (χ2n) is 8.26. The normalized spacial score (nSPS) is 11.2. The number of thiazole rings is 1. The first kappa shape index (κ1) is 20.8. The summed E-state index contributed by atoms with van der Waals surface area (Å²) in [5.41, 5.74) is 3.83. The molecule has 1 heterocycles. The lowest BCUT2D eigenvalue weighted by molar-refractivity contribution is 0.102. The predicted molar refractivity (Wildman–Crippen MR) is 127 cm³/mol. The van der Waals surface area contributed by atoms with Gasteiger partial charge in [0.05, 0.1) is 5.69 Å². The van der Waals surface area contributed by atoms with Crippen molar-refractivity contribution in [3.8, 4) is 22.8 Å². The zero-order valence-corrected chi connectivity index (χ0v) is 18.6. The fraction of sp³-hybridized carbons (Fsp3) is 0.154. The van der Waals surface area contributed by atoms with E-state index in [0.717, 1.165) is 17.0 Å². The molecule has 5 heteroatoms. The lowest BCUT2D eigenvalue weighted by Gasteiger charge is -2.18. The Hall–Kier alpha value is -3.44. The minimum atomic E-state index is -0.199. The maximum absolute atomic E-state index is 12.6. The van der Waals surface area contributed by atoms with E-state index in [1.165, 1.54) is 16.9 Å². The number of nitrogens with one attached hydrogen (secondary N) is 1. The minimum absolute atomic E-state index is 0.113. The number of carbonyl (C=O) groups is 1. The van der Waals surface area contributed by atoms with Gasteiger partial charge in [-0.05, 0) is 47.4 Å². The molecular weight excluding hydrogens is 404 g/mol. The maximum atomic E-state index is 12.6. The van der Waals surface area contributed by atoms with Crippen LogP contribution < -0.4 is 10.1 Å².